The number of hydrogen-bond acceptors (Lipinski definition) is 6. The largest absolute Gasteiger partial charge is 0.483 e. The fourth-order valence-electron chi connectivity index (χ4n) is 2.76. The molecule has 0 aliphatic carbocycles. The molecule has 0 saturated heterocycles. The number of halogens is 1. The molecule has 3 aromatic rings. The Morgan fingerprint density at radius 2 is 1.91 bits per heavy atom. The quantitative estimate of drug-likeness (QED) is 0.159. The van der Waals surface area contributed by atoms with Crippen LogP contribution >= 0.6 is 15.9 Å². The van der Waals surface area contributed by atoms with Gasteiger partial charge in [-0.05, 0) is 61.4 Å². The van der Waals surface area contributed by atoms with Crippen LogP contribution < -0.4 is 14.9 Å². The fourth-order valence-corrected chi connectivity index (χ4v) is 3.14. The number of nitrogens with one attached hydrogen (secondary N) is 1. The van der Waals surface area contributed by atoms with E-state index in [4.69, 9.17) is 13.9 Å². The Labute approximate surface area is 193 Å². The Kier molecular flexibility index (Phi) is 7.99. The van der Waals surface area contributed by atoms with Gasteiger partial charge in [0.15, 0.2) is 6.61 Å². The molecule has 3 rings (SSSR count). The van der Waals surface area contributed by atoms with E-state index < -0.39 is 11.9 Å². The zero-order valence-electron chi connectivity index (χ0n) is 17.5. The summed E-state index contributed by atoms with van der Waals surface area (Å²) < 4.78 is 16.9. The van der Waals surface area contributed by atoms with Crippen molar-refractivity contribution in [2.24, 2.45) is 5.10 Å². The van der Waals surface area contributed by atoms with Gasteiger partial charge in [-0.3, -0.25) is 4.79 Å². The zero-order chi connectivity index (χ0) is 22.9. The van der Waals surface area contributed by atoms with Crippen LogP contribution in [0.25, 0.3) is 6.08 Å². The summed E-state index contributed by atoms with van der Waals surface area (Å²) in [6.45, 7) is 3.65. The third kappa shape index (κ3) is 6.68. The third-order valence-corrected chi connectivity index (χ3v) is 4.75. The van der Waals surface area contributed by atoms with E-state index in [-0.39, 0.29) is 12.4 Å². The van der Waals surface area contributed by atoms with Gasteiger partial charge in [0.2, 0.25) is 0 Å². The van der Waals surface area contributed by atoms with Crippen LogP contribution in [0, 0.1) is 13.8 Å². The summed E-state index contributed by atoms with van der Waals surface area (Å²) in [5.74, 6) is 0.496. The number of amides is 1. The molecule has 0 atom stereocenters. The molecule has 8 heteroatoms. The van der Waals surface area contributed by atoms with Gasteiger partial charge in [0.25, 0.3) is 5.91 Å². The van der Waals surface area contributed by atoms with Gasteiger partial charge in [-0.1, -0.05) is 34.1 Å². The molecule has 0 fully saturated rings. The lowest BCUT2D eigenvalue weighted by atomic mass is 10.1. The van der Waals surface area contributed by atoms with E-state index in [0.29, 0.717) is 17.1 Å². The number of esters is 1. The van der Waals surface area contributed by atoms with Gasteiger partial charge in [-0.25, -0.2) is 10.2 Å². The highest BCUT2D eigenvalue weighted by Gasteiger charge is 2.09. The number of rotatable bonds is 8. The summed E-state index contributed by atoms with van der Waals surface area (Å²) in [6, 6.07) is 14.3. The smallest absolute Gasteiger partial charge is 0.336 e. The summed E-state index contributed by atoms with van der Waals surface area (Å²) >= 11 is 3.37. The Balaban J connectivity index is 1.59. The second-order valence-corrected chi connectivity index (χ2v) is 7.67. The molecule has 1 heterocycles. The minimum Gasteiger partial charge on any atom is -0.483 e. The Hall–Kier alpha value is -3.65. The number of para-hydroxylation sites is 1. The van der Waals surface area contributed by atoms with Gasteiger partial charge in [-0.2, -0.15) is 5.10 Å². The van der Waals surface area contributed by atoms with Crippen LogP contribution in [0.5, 0.6) is 11.5 Å². The van der Waals surface area contributed by atoms with Crippen molar-refractivity contribution in [1.29, 1.82) is 0 Å². The average molecular weight is 497 g/mol. The number of nitrogens with zero attached hydrogens (tertiary/aromatic N) is 1. The fraction of sp³-hybridized carbons (Fsp3) is 0.125. The lowest BCUT2D eigenvalue weighted by Crippen LogP contribution is -2.25. The molecule has 0 radical (unpaired) electrons. The minimum absolute atomic E-state index is 0.180. The molecule has 1 aromatic heterocycles. The van der Waals surface area contributed by atoms with Crippen molar-refractivity contribution < 1.29 is 23.5 Å². The molecule has 0 aliphatic rings. The number of ether oxygens (including phenoxy) is 2. The average Bonchev–Trinajstić information content (AvgIpc) is 3.27. The van der Waals surface area contributed by atoms with E-state index in [1.54, 1.807) is 30.3 Å². The maximum atomic E-state index is 12.1. The first-order chi connectivity index (χ1) is 15.4. The highest BCUT2D eigenvalue weighted by atomic mass is 79.9. The first-order valence-electron chi connectivity index (χ1n) is 9.66. The number of carbonyl (C=O) groups excluding carboxylic acids is 2. The third-order valence-electron chi connectivity index (χ3n) is 4.26. The summed E-state index contributed by atoms with van der Waals surface area (Å²) in [4.78, 5) is 24.2. The second kappa shape index (κ2) is 11.1. The van der Waals surface area contributed by atoms with Gasteiger partial charge in [0.05, 0.1) is 12.5 Å². The van der Waals surface area contributed by atoms with Gasteiger partial charge in [-0.15, -0.1) is 0 Å². The molecule has 2 aromatic carbocycles. The number of hydrazone groups is 1. The van der Waals surface area contributed by atoms with Gasteiger partial charge < -0.3 is 13.9 Å². The molecule has 164 valence electrons. The van der Waals surface area contributed by atoms with E-state index in [2.05, 4.69) is 26.5 Å². The van der Waals surface area contributed by atoms with Crippen molar-refractivity contribution in [3.8, 4) is 11.5 Å². The van der Waals surface area contributed by atoms with E-state index >= 15 is 0 Å². The number of carbonyl (C=O) groups is 2. The molecular formula is C24H21BrN2O5. The molecule has 0 spiro atoms. The molecule has 32 heavy (non-hydrogen) atoms. The van der Waals surface area contributed by atoms with E-state index in [1.807, 2.05) is 32.0 Å². The van der Waals surface area contributed by atoms with Crippen LogP contribution in [-0.2, 0) is 9.59 Å². The van der Waals surface area contributed by atoms with Crippen molar-refractivity contribution in [3.63, 3.8) is 0 Å². The summed E-state index contributed by atoms with van der Waals surface area (Å²) in [7, 11) is 0. The van der Waals surface area contributed by atoms with Crippen LogP contribution in [-0.4, -0.2) is 24.7 Å². The molecule has 0 aliphatic heterocycles. The summed E-state index contributed by atoms with van der Waals surface area (Å²) in [5, 5.41) is 3.94. The predicted molar refractivity (Wildman–Crippen MR) is 125 cm³/mol. The van der Waals surface area contributed by atoms with Crippen LogP contribution in [0.15, 0.2) is 74.9 Å². The molecule has 0 bridgehead atoms. The first-order valence-corrected chi connectivity index (χ1v) is 10.5. The first kappa shape index (κ1) is 23.0. The van der Waals surface area contributed by atoms with Crippen LogP contribution in [0.3, 0.4) is 0 Å². The summed E-state index contributed by atoms with van der Waals surface area (Å²) in [6.07, 6.45) is 5.66. The van der Waals surface area contributed by atoms with Gasteiger partial charge in [0, 0.05) is 16.1 Å². The number of hydrogen-bond donors (Lipinski definition) is 1. The van der Waals surface area contributed by atoms with Crippen molar-refractivity contribution in [1.82, 2.24) is 5.43 Å². The zero-order valence-corrected chi connectivity index (χ0v) is 19.1. The maximum absolute atomic E-state index is 12.1. The lowest BCUT2D eigenvalue weighted by molar-refractivity contribution is -0.129. The van der Waals surface area contributed by atoms with E-state index in [9.17, 15) is 9.59 Å². The number of benzene rings is 2. The molecule has 0 saturated carbocycles. The molecule has 1 N–H and O–H groups in total. The minimum atomic E-state index is -0.579. The SMILES string of the molecule is Cc1cccc(C)c1OCC(=O)NN=Cc1cc(Br)ccc1OC(=O)C=Cc1ccco1. The maximum Gasteiger partial charge on any atom is 0.336 e. The normalized spacial score (nSPS) is 11.1. The molecule has 7 nitrogen and oxygen atoms in total. The lowest BCUT2D eigenvalue weighted by Gasteiger charge is -2.10. The van der Waals surface area contributed by atoms with Crippen molar-refractivity contribution in [3.05, 3.63) is 87.8 Å². The Morgan fingerprint density at radius 1 is 1.12 bits per heavy atom. The van der Waals surface area contributed by atoms with E-state index in [1.165, 1.54) is 24.6 Å². The van der Waals surface area contributed by atoms with Crippen LogP contribution in [0.1, 0.15) is 22.5 Å². The van der Waals surface area contributed by atoms with Crippen molar-refractivity contribution in [2.75, 3.05) is 6.61 Å². The standard InChI is InChI=1S/C24H21BrN2O5/c1-16-5-3-6-17(2)24(16)31-15-22(28)27-26-14-18-13-19(25)8-10-21(18)32-23(29)11-9-20-7-4-12-30-20/h3-14H,15H2,1-2H3,(H,27,28). The number of furan rings is 1. The van der Waals surface area contributed by atoms with Crippen molar-refractivity contribution >= 4 is 40.1 Å². The number of aryl methyl sites for hydroxylation is 2. The second-order valence-electron chi connectivity index (χ2n) is 6.75. The topological polar surface area (TPSA) is 90.1 Å². The molecular weight excluding hydrogens is 476 g/mol. The van der Waals surface area contributed by atoms with E-state index in [0.717, 1.165) is 15.6 Å². The Morgan fingerprint density at radius 3 is 2.62 bits per heavy atom. The van der Waals surface area contributed by atoms with Crippen LogP contribution in [0.2, 0.25) is 0 Å². The monoisotopic (exact) mass is 496 g/mol. The summed E-state index contributed by atoms with van der Waals surface area (Å²) in [5.41, 5.74) is 4.80. The highest BCUT2D eigenvalue weighted by Crippen LogP contribution is 2.23. The molecule has 0 unspecified atom stereocenters. The predicted octanol–water partition coefficient (Wildman–Crippen LogP) is 4.81. The van der Waals surface area contributed by atoms with Gasteiger partial charge in [0.1, 0.15) is 17.3 Å². The Bertz CT molecular complexity index is 1130. The van der Waals surface area contributed by atoms with Crippen LogP contribution in [0.4, 0.5) is 0 Å². The highest BCUT2D eigenvalue weighted by molar-refractivity contribution is 9.10. The van der Waals surface area contributed by atoms with Crippen molar-refractivity contribution in [2.45, 2.75) is 13.8 Å². The van der Waals surface area contributed by atoms with Gasteiger partial charge >= 0.3 is 5.97 Å². The molecule has 1 amide bonds.